The maximum Gasteiger partial charge on any atom is 0.0485 e. The van der Waals surface area contributed by atoms with Crippen LogP contribution in [0.15, 0.2) is 47.2 Å². The molecule has 1 aromatic carbocycles. The maximum atomic E-state index is 6.33. The van der Waals surface area contributed by atoms with Crippen molar-refractivity contribution in [1.82, 2.24) is 9.88 Å². The van der Waals surface area contributed by atoms with Gasteiger partial charge in [-0.3, -0.25) is 9.88 Å². The summed E-state index contributed by atoms with van der Waals surface area (Å²) >= 11 is 9.75. The van der Waals surface area contributed by atoms with E-state index < -0.39 is 0 Å². The van der Waals surface area contributed by atoms with Gasteiger partial charge in [0.15, 0.2) is 0 Å². The Labute approximate surface area is 132 Å². The third-order valence-electron chi connectivity index (χ3n) is 3.26. The molecule has 5 heteroatoms. The highest BCUT2D eigenvalue weighted by Crippen LogP contribution is 2.29. The largest absolute Gasteiger partial charge is 0.329 e. The van der Waals surface area contributed by atoms with Crippen molar-refractivity contribution in [1.29, 1.82) is 0 Å². The highest BCUT2D eigenvalue weighted by atomic mass is 79.9. The minimum absolute atomic E-state index is 0.0868. The number of hydrogen-bond acceptors (Lipinski definition) is 3. The van der Waals surface area contributed by atoms with E-state index in [2.05, 4.69) is 32.9 Å². The van der Waals surface area contributed by atoms with E-state index in [0.29, 0.717) is 6.54 Å². The van der Waals surface area contributed by atoms with Crippen molar-refractivity contribution in [3.05, 3.63) is 63.3 Å². The van der Waals surface area contributed by atoms with Gasteiger partial charge in [0.05, 0.1) is 0 Å². The second kappa shape index (κ2) is 7.18. The molecule has 106 valence electrons. The fraction of sp³-hybridized carbons (Fsp3) is 0.267. The smallest absolute Gasteiger partial charge is 0.0485 e. The molecular weight excluding hydrogens is 338 g/mol. The van der Waals surface area contributed by atoms with E-state index >= 15 is 0 Å². The quantitative estimate of drug-likeness (QED) is 0.891. The van der Waals surface area contributed by atoms with Crippen molar-refractivity contribution >= 4 is 27.5 Å². The molecule has 1 atom stereocenters. The molecule has 3 nitrogen and oxygen atoms in total. The molecule has 20 heavy (non-hydrogen) atoms. The molecule has 1 unspecified atom stereocenters. The summed E-state index contributed by atoms with van der Waals surface area (Å²) in [4.78, 5) is 6.23. The predicted molar refractivity (Wildman–Crippen MR) is 86.7 cm³/mol. The molecule has 0 aliphatic carbocycles. The van der Waals surface area contributed by atoms with E-state index in [1.807, 2.05) is 30.3 Å². The molecule has 0 amide bonds. The molecule has 0 fully saturated rings. The molecule has 2 N–H and O–H groups in total. The number of aromatic nitrogens is 1. The zero-order chi connectivity index (χ0) is 14.5. The first-order chi connectivity index (χ1) is 9.61. The zero-order valence-electron chi connectivity index (χ0n) is 11.3. The summed E-state index contributed by atoms with van der Waals surface area (Å²) < 4.78 is 0.971. The number of nitrogens with two attached hydrogens (primary N) is 1. The van der Waals surface area contributed by atoms with Gasteiger partial charge in [-0.1, -0.05) is 33.6 Å². The topological polar surface area (TPSA) is 42.2 Å². The van der Waals surface area contributed by atoms with E-state index in [1.54, 1.807) is 12.4 Å². The molecule has 0 saturated carbocycles. The number of likely N-dealkylation sites (N-methyl/N-ethyl adjacent to an activating group) is 1. The summed E-state index contributed by atoms with van der Waals surface area (Å²) in [5.41, 5.74) is 8.19. The van der Waals surface area contributed by atoms with Crippen LogP contribution in [0.3, 0.4) is 0 Å². The van der Waals surface area contributed by atoms with Crippen molar-refractivity contribution in [2.24, 2.45) is 5.73 Å². The van der Waals surface area contributed by atoms with Gasteiger partial charge in [0.1, 0.15) is 0 Å². The molecule has 1 aromatic heterocycles. The van der Waals surface area contributed by atoms with Crippen LogP contribution in [-0.4, -0.2) is 23.5 Å². The lowest BCUT2D eigenvalue weighted by Gasteiger charge is -2.28. The van der Waals surface area contributed by atoms with Crippen LogP contribution in [0.25, 0.3) is 0 Å². The van der Waals surface area contributed by atoms with Gasteiger partial charge in [0.25, 0.3) is 0 Å². The highest BCUT2D eigenvalue weighted by Gasteiger charge is 2.18. The second-order valence-corrected chi connectivity index (χ2v) is 6.01. The average Bonchev–Trinajstić information content (AvgIpc) is 2.43. The number of nitrogens with zero attached hydrogens (tertiary/aromatic N) is 2. The third-order valence-corrected chi connectivity index (χ3v) is 4.08. The molecule has 0 spiro atoms. The Kier molecular flexibility index (Phi) is 5.54. The van der Waals surface area contributed by atoms with Crippen LogP contribution in [-0.2, 0) is 6.54 Å². The lowest BCUT2D eigenvalue weighted by Crippen LogP contribution is -2.30. The first kappa shape index (κ1) is 15.4. The summed E-state index contributed by atoms with van der Waals surface area (Å²) in [5, 5.41) is 0.733. The summed E-state index contributed by atoms with van der Waals surface area (Å²) in [6, 6.07) is 10.0. The highest BCUT2D eigenvalue weighted by molar-refractivity contribution is 9.10. The Morgan fingerprint density at radius 1 is 1.30 bits per heavy atom. The lowest BCUT2D eigenvalue weighted by atomic mass is 10.1. The van der Waals surface area contributed by atoms with Crippen molar-refractivity contribution in [2.45, 2.75) is 12.6 Å². The second-order valence-electron chi connectivity index (χ2n) is 4.69. The molecular formula is C15H17BrClN3. The Bertz CT molecular complexity index is 562. The fourth-order valence-corrected chi connectivity index (χ4v) is 3.00. The maximum absolute atomic E-state index is 6.33. The normalized spacial score (nSPS) is 12.7. The monoisotopic (exact) mass is 353 g/mol. The first-order valence-electron chi connectivity index (χ1n) is 6.36. The van der Waals surface area contributed by atoms with E-state index in [-0.39, 0.29) is 6.04 Å². The van der Waals surface area contributed by atoms with Crippen molar-refractivity contribution in [2.75, 3.05) is 13.6 Å². The van der Waals surface area contributed by atoms with Crippen LogP contribution in [0, 0.1) is 0 Å². The van der Waals surface area contributed by atoms with Gasteiger partial charge in [-0.15, -0.1) is 0 Å². The summed E-state index contributed by atoms with van der Waals surface area (Å²) in [6.07, 6.45) is 3.60. The number of halogens is 2. The molecule has 0 aliphatic rings. The SMILES string of the molecule is CN(Cc1ccncc1)C(CN)c1ccc(Br)cc1Cl. The predicted octanol–water partition coefficient (Wildman–Crippen LogP) is 3.63. The lowest BCUT2D eigenvalue weighted by molar-refractivity contribution is 0.242. The number of rotatable bonds is 5. The average molecular weight is 355 g/mol. The summed E-state index contributed by atoms with van der Waals surface area (Å²) in [5.74, 6) is 0. The first-order valence-corrected chi connectivity index (χ1v) is 7.53. The molecule has 2 aromatic rings. The number of benzene rings is 1. The van der Waals surface area contributed by atoms with Crippen molar-refractivity contribution in [3.8, 4) is 0 Å². The Morgan fingerprint density at radius 3 is 2.60 bits per heavy atom. The van der Waals surface area contributed by atoms with Gasteiger partial charge in [-0.25, -0.2) is 0 Å². The Balaban J connectivity index is 2.19. The molecule has 0 saturated heterocycles. The number of hydrogen-bond donors (Lipinski definition) is 1. The van der Waals surface area contributed by atoms with Crippen molar-refractivity contribution in [3.63, 3.8) is 0 Å². The zero-order valence-corrected chi connectivity index (χ0v) is 13.6. The van der Waals surface area contributed by atoms with E-state index in [4.69, 9.17) is 17.3 Å². The number of pyridine rings is 1. The van der Waals surface area contributed by atoms with E-state index in [0.717, 1.165) is 21.6 Å². The van der Waals surface area contributed by atoms with Crippen LogP contribution in [0.5, 0.6) is 0 Å². The van der Waals surface area contributed by atoms with Crippen LogP contribution in [0.4, 0.5) is 0 Å². The van der Waals surface area contributed by atoms with Gasteiger partial charge in [0, 0.05) is 41.0 Å². The molecule has 0 aliphatic heterocycles. The van der Waals surface area contributed by atoms with Crippen LogP contribution in [0.1, 0.15) is 17.2 Å². The van der Waals surface area contributed by atoms with Gasteiger partial charge >= 0.3 is 0 Å². The molecule has 1 heterocycles. The minimum atomic E-state index is 0.0868. The van der Waals surface area contributed by atoms with Gasteiger partial charge in [-0.05, 0) is 42.4 Å². The van der Waals surface area contributed by atoms with Gasteiger partial charge < -0.3 is 5.73 Å². The van der Waals surface area contributed by atoms with Crippen LogP contribution in [0.2, 0.25) is 5.02 Å². The van der Waals surface area contributed by atoms with Gasteiger partial charge in [0.2, 0.25) is 0 Å². The van der Waals surface area contributed by atoms with Gasteiger partial charge in [-0.2, -0.15) is 0 Å². The Morgan fingerprint density at radius 2 is 2.00 bits per heavy atom. The molecule has 2 rings (SSSR count). The van der Waals surface area contributed by atoms with Crippen molar-refractivity contribution < 1.29 is 0 Å². The standard InChI is InChI=1S/C15H17BrClN3/c1-20(10-11-4-6-19-7-5-11)15(9-18)13-3-2-12(16)8-14(13)17/h2-8,15H,9-10,18H2,1H3. The van der Waals surface area contributed by atoms with E-state index in [9.17, 15) is 0 Å². The summed E-state index contributed by atoms with van der Waals surface area (Å²) in [6.45, 7) is 1.32. The fourth-order valence-electron chi connectivity index (χ4n) is 2.20. The summed E-state index contributed by atoms with van der Waals surface area (Å²) in [7, 11) is 2.05. The van der Waals surface area contributed by atoms with E-state index in [1.165, 1.54) is 5.56 Å². The van der Waals surface area contributed by atoms with Crippen LogP contribution < -0.4 is 5.73 Å². The Hall–Kier alpha value is -0.940. The molecule has 0 radical (unpaired) electrons. The van der Waals surface area contributed by atoms with Crippen LogP contribution >= 0.6 is 27.5 Å². The third kappa shape index (κ3) is 3.79. The minimum Gasteiger partial charge on any atom is -0.329 e. The molecule has 0 bridgehead atoms.